The quantitative estimate of drug-likeness (QED) is 0.475. The van der Waals surface area contributed by atoms with Crippen molar-refractivity contribution in [1.29, 1.82) is 0 Å². The minimum atomic E-state index is -0.574. The van der Waals surface area contributed by atoms with Crippen molar-refractivity contribution < 1.29 is 14.3 Å². The topological polar surface area (TPSA) is 118 Å². The number of carbonyl (C=O) groups excluding carboxylic acids is 2. The normalized spacial score (nSPS) is 16.1. The van der Waals surface area contributed by atoms with Gasteiger partial charge in [-0.1, -0.05) is 29.8 Å². The number of nitrogen functional groups attached to an aromatic ring is 1. The molecule has 1 unspecified atom stereocenters. The number of aromatic amines is 1. The SMILES string of the molecule is CC(C(=O)Oc1ccccc1)N1CCC(CNC(=O)c2cc(Cl)c(N)[nH]c2=O)CC1. The smallest absolute Gasteiger partial charge is 0.328 e. The van der Waals surface area contributed by atoms with Gasteiger partial charge in [0.05, 0.1) is 5.02 Å². The van der Waals surface area contributed by atoms with Crippen LogP contribution in [0.5, 0.6) is 5.75 Å². The van der Waals surface area contributed by atoms with Crippen molar-refractivity contribution >= 4 is 29.3 Å². The fraction of sp³-hybridized carbons (Fsp3) is 0.381. The molecule has 0 radical (unpaired) electrons. The van der Waals surface area contributed by atoms with Crippen molar-refractivity contribution in [1.82, 2.24) is 15.2 Å². The predicted molar refractivity (Wildman–Crippen MR) is 115 cm³/mol. The third-order valence-corrected chi connectivity index (χ3v) is 5.63. The van der Waals surface area contributed by atoms with Gasteiger partial charge in [0, 0.05) is 6.54 Å². The predicted octanol–water partition coefficient (Wildman–Crippen LogP) is 2.05. The van der Waals surface area contributed by atoms with Crippen LogP contribution in [0, 0.1) is 5.92 Å². The molecule has 9 heteroatoms. The Morgan fingerprint density at radius 2 is 1.97 bits per heavy atom. The lowest BCUT2D eigenvalue weighted by atomic mass is 9.95. The average Bonchev–Trinajstić information content (AvgIpc) is 2.75. The van der Waals surface area contributed by atoms with Gasteiger partial charge in [-0.3, -0.25) is 14.5 Å². The molecule has 3 rings (SSSR count). The van der Waals surface area contributed by atoms with Gasteiger partial charge in [0.1, 0.15) is 23.2 Å². The number of anilines is 1. The summed E-state index contributed by atoms with van der Waals surface area (Å²) in [5.74, 6) is 0.0499. The zero-order valence-corrected chi connectivity index (χ0v) is 17.4. The van der Waals surface area contributed by atoms with Gasteiger partial charge < -0.3 is 20.8 Å². The van der Waals surface area contributed by atoms with E-state index < -0.39 is 11.5 Å². The molecule has 1 saturated heterocycles. The molecule has 1 amide bonds. The third kappa shape index (κ3) is 5.40. The lowest BCUT2D eigenvalue weighted by Gasteiger charge is -2.34. The Labute approximate surface area is 179 Å². The van der Waals surface area contributed by atoms with Crippen molar-refractivity contribution in [3.05, 3.63) is 57.3 Å². The van der Waals surface area contributed by atoms with E-state index >= 15 is 0 Å². The molecule has 1 fully saturated rings. The molecular formula is C21H25ClN4O4. The molecule has 8 nitrogen and oxygen atoms in total. The highest BCUT2D eigenvalue weighted by Crippen LogP contribution is 2.20. The number of amides is 1. The van der Waals surface area contributed by atoms with Gasteiger partial charge in [0.25, 0.3) is 11.5 Å². The van der Waals surface area contributed by atoms with E-state index in [9.17, 15) is 14.4 Å². The first-order chi connectivity index (χ1) is 14.3. The van der Waals surface area contributed by atoms with Crippen LogP contribution in [0.15, 0.2) is 41.2 Å². The Bertz CT molecular complexity index is 955. The zero-order valence-electron chi connectivity index (χ0n) is 16.7. The number of para-hydroxylation sites is 1. The van der Waals surface area contributed by atoms with Crippen LogP contribution in [0.1, 0.15) is 30.1 Å². The van der Waals surface area contributed by atoms with E-state index in [2.05, 4.69) is 15.2 Å². The van der Waals surface area contributed by atoms with Gasteiger partial charge in [-0.25, -0.2) is 4.79 Å². The number of nitrogens with two attached hydrogens (primary N) is 1. The maximum Gasteiger partial charge on any atom is 0.328 e. The second-order valence-electron chi connectivity index (χ2n) is 7.37. The van der Waals surface area contributed by atoms with Crippen LogP contribution < -0.4 is 21.3 Å². The number of nitrogens with zero attached hydrogens (tertiary/aromatic N) is 1. The molecule has 0 saturated carbocycles. The number of pyridine rings is 1. The number of H-pyrrole nitrogens is 1. The van der Waals surface area contributed by atoms with E-state index in [0.717, 1.165) is 25.9 Å². The van der Waals surface area contributed by atoms with Crippen molar-refractivity contribution in [2.24, 2.45) is 5.92 Å². The first kappa shape index (κ1) is 21.9. The van der Waals surface area contributed by atoms with E-state index in [-0.39, 0.29) is 34.3 Å². The minimum absolute atomic E-state index is 0.0329. The zero-order chi connectivity index (χ0) is 21.7. The lowest BCUT2D eigenvalue weighted by molar-refractivity contribution is -0.140. The second-order valence-corrected chi connectivity index (χ2v) is 7.78. The lowest BCUT2D eigenvalue weighted by Crippen LogP contribution is -2.47. The summed E-state index contributed by atoms with van der Waals surface area (Å²) in [6.45, 7) is 3.72. The van der Waals surface area contributed by atoms with Crippen LogP contribution >= 0.6 is 11.6 Å². The molecule has 2 heterocycles. The van der Waals surface area contributed by atoms with Crippen LogP contribution in [0.2, 0.25) is 5.02 Å². The number of benzene rings is 1. The molecule has 1 aromatic heterocycles. The van der Waals surface area contributed by atoms with Crippen molar-refractivity contribution in [3.63, 3.8) is 0 Å². The summed E-state index contributed by atoms with van der Waals surface area (Å²) < 4.78 is 5.42. The highest BCUT2D eigenvalue weighted by molar-refractivity contribution is 6.33. The molecular weight excluding hydrogens is 408 g/mol. The molecule has 1 aliphatic rings. The van der Waals surface area contributed by atoms with Crippen LogP contribution in [0.4, 0.5) is 5.82 Å². The second kappa shape index (κ2) is 9.77. The van der Waals surface area contributed by atoms with Crippen molar-refractivity contribution in [2.45, 2.75) is 25.8 Å². The summed E-state index contributed by atoms with van der Waals surface area (Å²) in [5.41, 5.74) is 4.89. The minimum Gasteiger partial charge on any atom is -0.425 e. The molecule has 1 atom stereocenters. The van der Waals surface area contributed by atoms with E-state index in [4.69, 9.17) is 22.1 Å². The van der Waals surface area contributed by atoms with Crippen LogP contribution in [-0.4, -0.2) is 47.4 Å². The summed E-state index contributed by atoms with van der Waals surface area (Å²) >= 11 is 5.88. The molecule has 30 heavy (non-hydrogen) atoms. The number of hydrogen-bond donors (Lipinski definition) is 3. The first-order valence-corrected chi connectivity index (χ1v) is 10.2. The third-order valence-electron chi connectivity index (χ3n) is 5.32. The molecule has 0 spiro atoms. The van der Waals surface area contributed by atoms with Gasteiger partial charge in [-0.15, -0.1) is 0 Å². The Morgan fingerprint density at radius 1 is 1.30 bits per heavy atom. The number of rotatable bonds is 6. The van der Waals surface area contributed by atoms with Gasteiger partial charge in [0.15, 0.2) is 0 Å². The van der Waals surface area contributed by atoms with Crippen LogP contribution in [0.3, 0.4) is 0 Å². The number of carbonyl (C=O) groups is 2. The van der Waals surface area contributed by atoms with Gasteiger partial charge in [-0.05, 0) is 57.0 Å². The number of piperidine rings is 1. The highest BCUT2D eigenvalue weighted by Gasteiger charge is 2.28. The van der Waals surface area contributed by atoms with Crippen molar-refractivity contribution in [3.8, 4) is 5.75 Å². The molecule has 1 aliphatic heterocycles. The van der Waals surface area contributed by atoms with Gasteiger partial charge in [-0.2, -0.15) is 0 Å². The van der Waals surface area contributed by atoms with Crippen LogP contribution in [0.25, 0.3) is 0 Å². The number of nitrogens with one attached hydrogen (secondary N) is 2. The summed E-state index contributed by atoms with van der Waals surface area (Å²) in [4.78, 5) is 41.0. The number of likely N-dealkylation sites (tertiary alicyclic amines) is 1. The number of esters is 1. The number of hydrogen-bond acceptors (Lipinski definition) is 6. The fourth-order valence-corrected chi connectivity index (χ4v) is 3.56. The number of halogens is 1. The summed E-state index contributed by atoms with van der Waals surface area (Å²) in [5, 5.41) is 2.92. The van der Waals surface area contributed by atoms with E-state index in [1.807, 2.05) is 25.1 Å². The van der Waals surface area contributed by atoms with Gasteiger partial charge >= 0.3 is 5.97 Å². The Kier molecular flexibility index (Phi) is 7.12. The summed E-state index contributed by atoms with van der Waals surface area (Å²) in [6, 6.07) is 9.92. The largest absolute Gasteiger partial charge is 0.425 e. The van der Waals surface area contributed by atoms with E-state index in [1.54, 1.807) is 12.1 Å². The van der Waals surface area contributed by atoms with E-state index in [0.29, 0.717) is 12.3 Å². The first-order valence-electron chi connectivity index (χ1n) is 9.82. The van der Waals surface area contributed by atoms with E-state index in [1.165, 1.54) is 6.07 Å². The molecule has 160 valence electrons. The summed E-state index contributed by atoms with van der Waals surface area (Å²) in [6.07, 6.45) is 1.64. The Balaban J connectivity index is 1.46. The molecule has 1 aromatic carbocycles. The van der Waals surface area contributed by atoms with Crippen molar-refractivity contribution in [2.75, 3.05) is 25.4 Å². The molecule has 0 bridgehead atoms. The molecule has 0 aliphatic carbocycles. The molecule has 2 aromatic rings. The highest BCUT2D eigenvalue weighted by atomic mass is 35.5. The standard InChI is InChI=1S/C21H25ClN4O4/c1-13(21(29)30-15-5-3-2-4-6-15)26-9-7-14(8-10-26)12-24-19(27)16-11-17(22)18(23)25-20(16)28/h2-6,11,13-14H,7-10,12H2,1H3,(H,24,27)(H3,23,25,28). The Morgan fingerprint density at radius 3 is 2.63 bits per heavy atom. The molecule has 4 N–H and O–H groups in total. The average molecular weight is 433 g/mol. The van der Waals surface area contributed by atoms with Crippen LogP contribution in [-0.2, 0) is 4.79 Å². The van der Waals surface area contributed by atoms with Gasteiger partial charge in [0.2, 0.25) is 0 Å². The Hall–Kier alpha value is -2.84. The summed E-state index contributed by atoms with van der Waals surface area (Å²) in [7, 11) is 0. The monoisotopic (exact) mass is 432 g/mol. The fourth-order valence-electron chi connectivity index (χ4n) is 3.40. The number of ether oxygens (including phenoxy) is 1. The maximum absolute atomic E-state index is 12.4. The maximum atomic E-state index is 12.4. The number of aromatic nitrogens is 1.